The summed E-state index contributed by atoms with van der Waals surface area (Å²) >= 11 is 5.85. The summed E-state index contributed by atoms with van der Waals surface area (Å²) in [7, 11) is 0. The van der Waals surface area contributed by atoms with Crippen LogP contribution in [-0.4, -0.2) is 15.1 Å². The van der Waals surface area contributed by atoms with Crippen molar-refractivity contribution < 1.29 is 5.11 Å². The number of rotatable bonds is 1. The van der Waals surface area contributed by atoms with E-state index < -0.39 is 0 Å². The Kier molecular flexibility index (Phi) is 1.83. The van der Waals surface area contributed by atoms with Crippen molar-refractivity contribution in [2.24, 2.45) is 0 Å². The third kappa shape index (κ3) is 1.53. The van der Waals surface area contributed by atoms with Crippen LogP contribution in [0.15, 0.2) is 18.2 Å². The summed E-state index contributed by atoms with van der Waals surface area (Å²) < 4.78 is 0. The number of benzene rings is 1. The van der Waals surface area contributed by atoms with Crippen LogP contribution >= 0.6 is 11.6 Å². The number of fused-ring (bicyclic) bond motifs is 1. The van der Waals surface area contributed by atoms with Gasteiger partial charge in [0, 0.05) is 11.3 Å². The topological polar surface area (TPSA) is 46.0 Å². The van der Waals surface area contributed by atoms with Gasteiger partial charge in [-0.15, -0.1) is 0 Å². The molecule has 15 heavy (non-hydrogen) atoms. The van der Waals surface area contributed by atoms with Gasteiger partial charge in [0.2, 0.25) is 5.28 Å². The van der Waals surface area contributed by atoms with E-state index >= 15 is 0 Å². The summed E-state index contributed by atoms with van der Waals surface area (Å²) in [6, 6.07) is 5.09. The van der Waals surface area contributed by atoms with Crippen molar-refractivity contribution in [3.63, 3.8) is 0 Å². The summed E-state index contributed by atoms with van der Waals surface area (Å²) in [5, 5.41) is 10.6. The smallest absolute Gasteiger partial charge is 0.223 e. The average molecular weight is 221 g/mol. The Hall–Kier alpha value is -1.35. The van der Waals surface area contributed by atoms with E-state index in [0.717, 1.165) is 29.4 Å². The van der Waals surface area contributed by atoms with Crippen LogP contribution in [-0.2, 0) is 0 Å². The second kappa shape index (κ2) is 3.07. The minimum atomic E-state index is 0.246. The molecular weight excluding hydrogens is 212 g/mol. The highest BCUT2D eigenvalue weighted by Crippen LogP contribution is 2.42. The van der Waals surface area contributed by atoms with E-state index in [1.165, 1.54) is 0 Å². The Morgan fingerprint density at radius 2 is 2.07 bits per heavy atom. The third-order valence-electron chi connectivity index (χ3n) is 2.65. The molecule has 1 aliphatic rings. The fraction of sp³-hybridized carbons (Fsp3) is 0.273. The molecule has 1 aliphatic carbocycles. The van der Waals surface area contributed by atoms with Crippen molar-refractivity contribution >= 4 is 22.5 Å². The molecule has 3 rings (SSSR count). The molecule has 3 nitrogen and oxygen atoms in total. The second-order valence-corrected chi connectivity index (χ2v) is 4.19. The van der Waals surface area contributed by atoms with Gasteiger partial charge >= 0.3 is 0 Å². The Labute approximate surface area is 91.7 Å². The number of phenols is 1. The van der Waals surface area contributed by atoms with E-state index in [-0.39, 0.29) is 11.0 Å². The molecule has 0 bridgehead atoms. The minimum absolute atomic E-state index is 0.246. The molecule has 1 fully saturated rings. The maximum atomic E-state index is 9.44. The van der Waals surface area contributed by atoms with Gasteiger partial charge in [-0.05, 0) is 42.6 Å². The van der Waals surface area contributed by atoms with Crippen LogP contribution in [0.5, 0.6) is 5.75 Å². The highest BCUT2D eigenvalue weighted by atomic mass is 35.5. The van der Waals surface area contributed by atoms with E-state index in [0.29, 0.717) is 5.92 Å². The Morgan fingerprint density at radius 1 is 1.27 bits per heavy atom. The quantitative estimate of drug-likeness (QED) is 0.752. The maximum Gasteiger partial charge on any atom is 0.223 e. The number of phenolic OH excluding ortho intramolecular Hbond substituents is 1. The van der Waals surface area contributed by atoms with Crippen LogP contribution in [0.1, 0.15) is 24.5 Å². The molecule has 0 atom stereocenters. The zero-order valence-corrected chi connectivity index (χ0v) is 8.70. The summed E-state index contributed by atoms with van der Waals surface area (Å²) in [6.45, 7) is 0. The maximum absolute atomic E-state index is 9.44. The van der Waals surface area contributed by atoms with Gasteiger partial charge in [-0.3, -0.25) is 0 Å². The molecule has 2 aromatic rings. The Balaban J connectivity index is 2.34. The molecule has 0 aliphatic heterocycles. The molecule has 76 valence electrons. The largest absolute Gasteiger partial charge is 0.508 e. The van der Waals surface area contributed by atoms with Crippen LogP contribution in [0.3, 0.4) is 0 Å². The first-order valence-corrected chi connectivity index (χ1v) is 5.28. The zero-order valence-electron chi connectivity index (χ0n) is 7.94. The molecule has 0 spiro atoms. The standard InChI is InChI=1S/C11H9ClN2O/c12-11-13-9-4-3-7(15)5-8(9)10(14-11)6-1-2-6/h3-6,15H,1-2H2. The van der Waals surface area contributed by atoms with Crippen LogP contribution in [0, 0.1) is 0 Å². The number of aromatic nitrogens is 2. The molecule has 1 aromatic carbocycles. The van der Waals surface area contributed by atoms with Gasteiger partial charge in [0.15, 0.2) is 0 Å². The summed E-state index contributed by atoms with van der Waals surface area (Å²) in [4.78, 5) is 8.38. The molecule has 0 radical (unpaired) electrons. The van der Waals surface area contributed by atoms with E-state index in [1.54, 1.807) is 18.2 Å². The fourth-order valence-corrected chi connectivity index (χ4v) is 1.96. The number of aromatic hydroxyl groups is 1. The van der Waals surface area contributed by atoms with E-state index in [9.17, 15) is 5.11 Å². The first-order valence-electron chi connectivity index (χ1n) is 4.90. The van der Waals surface area contributed by atoms with Gasteiger partial charge in [0.25, 0.3) is 0 Å². The van der Waals surface area contributed by atoms with Crippen molar-refractivity contribution in [3.05, 3.63) is 29.2 Å². The van der Waals surface area contributed by atoms with E-state index in [2.05, 4.69) is 9.97 Å². The van der Waals surface area contributed by atoms with Gasteiger partial charge in [-0.1, -0.05) is 0 Å². The minimum Gasteiger partial charge on any atom is -0.508 e. The molecular formula is C11H9ClN2O. The predicted octanol–water partition coefficient (Wildman–Crippen LogP) is 2.87. The Morgan fingerprint density at radius 3 is 2.80 bits per heavy atom. The average Bonchev–Trinajstić information content (AvgIpc) is 3.01. The van der Waals surface area contributed by atoms with Gasteiger partial charge in [0.1, 0.15) is 5.75 Å². The van der Waals surface area contributed by atoms with Gasteiger partial charge in [-0.25, -0.2) is 9.97 Å². The summed E-state index contributed by atoms with van der Waals surface area (Å²) in [6.07, 6.45) is 2.30. The first-order chi connectivity index (χ1) is 7.24. The first kappa shape index (κ1) is 8.92. The number of halogens is 1. The molecule has 1 saturated carbocycles. The highest BCUT2D eigenvalue weighted by Gasteiger charge is 2.27. The van der Waals surface area contributed by atoms with Crippen molar-refractivity contribution in [1.82, 2.24) is 9.97 Å². The lowest BCUT2D eigenvalue weighted by atomic mass is 10.1. The molecule has 4 heteroatoms. The molecule has 0 amide bonds. The van der Waals surface area contributed by atoms with E-state index in [4.69, 9.17) is 11.6 Å². The lowest BCUT2D eigenvalue weighted by Crippen LogP contribution is -1.93. The van der Waals surface area contributed by atoms with Crippen LogP contribution in [0.25, 0.3) is 10.9 Å². The van der Waals surface area contributed by atoms with Gasteiger partial charge in [-0.2, -0.15) is 0 Å². The zero-order chi connectivity index (χ0) is 10.4. The van der Waals surface area contributed by atoms with Crippen LogP contribution < -0.4 is 0 Å². The van der Waals surface area contributed by atoms with Crippen molar-refractivity contribution in [2.45, 2.75) is 18.8 Å². The SMILES string of the molecule is Oc1ccc2nc(Cl)nc(C3CC3)c2c1. The van der Waals surface area contributed by atoms with Crippen molar-refractivity contribution in [3.8, 4) is 5.75 Å². The third-order valence-corrected chi connectivity index (χ3v) is 2.81. The van der Waals surface area contributed by atoms with Crippen molar-refractivity contribution in [1.29, 1.82) is 0 Å². The number of hydrogen-bond donors (Lipinski definition) is 1. The lowest BCUT2D eigenvalue weighted by molar-refractivity contribution is 0.476. The Bertz CT molecular complexity index is 537. The lowest BCUT2D eigenvalue weighted by Gasteiger charge is -2.04. The van der Waals surface area contributed by atoms with E-state index in [1.807, 2.05) is 0 Å². The molecule has 1 aromatic heterocycles. The summed E-state index contributed by atoms with van der Waals surface area (Å²) in [5.41, 5.74) is 1.77. The molecule has 1 N–H and O–H groups in total. The fourth-order valence-electron chi connectivity index (χ4n) is 1.78. The molecule has 0 unspecified atom stereocenters. The van der Waals surface area contributed by atoms with Crippen LogP contribution in [0.2, 0.25) is 5.28 Å². The van der Waals surface area contributed by atoms with Gasteiger partial charge in [0.05, 0.1) is 11.2 Å². The number of nitrogens with zero attached hydrogens (tertiary/aromatic N) is 2. The second-order valence-electron chi connectivity index (χ2n) is 3.85. The normalized spacial score (nSPS) is 15.8. The van der Waals surface area contributed by atoms with Crippen LogP contribution in [0.4, 0.5) is 0 Å². The summed E-state index contributed by atoms with van der Waals surface area (Å²) in [5.74, 6) is 0.741. The monoisotopic (exact) mass is 220 g/mol. The molecule has 0 saturated heterocycles. The number of hydrogen-bond acceptors (Lipinski definition) is 3. The highest BCUT2D eigenvalue weighted by molar-refractivity contribution is 6.28. The van der Waals surface area contributed by atoms with Crippen molar-refractivity contribution in [2.75, 3.05) is 0 Å². The predicted molar refractivity (Wildman–Crippen MR) is 58.2 cm³/mol. The van der Waals surface area contributed by atoms with Gasteiger partial charge < -0.3 is 5.11 Å². The molecule has 1 heterocycles.